The van der Waals surface area contributed by atoms with Crippen molar-refractivity contribution in [3.63, 3.8) is 0 Å². The van der Waals surface area contributed by atoms with Crippen molar-refractivity contribution in [3.05, 3.63) is 17.1 Å². The fourth-order valence-electron chi connectivity index (χ4n) is 0.609. The quantitative estimate of drug-likeness (QED) is 0.316. The summed E-state index contributed by atoms with van der Waals surface area (Å²) in [5, 5.41) is 0. The molecule has 0 saturated carbocycles. The first-order valence-electron chi connectivity index (χ1n) is 3.79. The van der Waals surface area contributed by atoms with Crippen LogP contribution in [0.3, 0.4) is 0 Å². The van der Waals surface area contributed by atoms with Crippen molar-refractivity contribution < 1.29 is 22.7 Å². The largest absolute Gasteiger partial charge is 0.789 e. The Morgan fingerprint density at radius 3 is 2.60 bits per heavy atom. The Morgan fingerprint density at radius 1 is 1.73 bits per heavy atom. The normalized spacial score (nSPS) is 13.5. The van der Waals surface area contributed by atoms with Crippen molar-refractivity contribution >= 4 is 17.2 Å². The van der Waals surface area contributed by atoms with Crippen LogP contribution in [0.5, 0.6) is 0 Å². The fraction of sp³-hybridized carbons (Fsp3) is 0.571. The molecule has 2 unspecified atom stereocenters. The van der Waals surface area contributed by atoms with E-state index in [0.29, 0.717) is 6.42 Å². The van der Waals surface area contributed by atoms with Gasteiger partial charge in [-0.3, -0.25) is 4.21 Å². The van der Waals surface area contributed by atoms with Gasteiger partial charge in [-0.2, -0.15) is 15.7 Å². The Hall–Kier alpha value is -1.79. The van der Waals surface area contributed by atoms with Gasteiger partial charge in [0, 0.05) is 0 Å². The van der Waals surface area contributed by atoms with Crippen LogP contribution in [0.15, 0.2) is 12.4 Å². The summed E-state index contributed by atoms with van der Waals surface area (Å²) in [6, 6.07) is 0. The molecule has 0 radical (unpaired) electrons. The molecule has 0 bridgehead atoms. The third-order valence-corrected chi connectivity index (χ3v) is 1.69. The van der Waals surface area contributed by atoms with Gasteiger partial charge < -0.3 is 14.0 Å². The maximum Gasteiger partial charge on any atom is 0.366 e. The van der Waals surface area contributed by atoms with Crippen LogP contribution < -0.4 is 0 Å². The Morgan fingerprint density at radius 2 is 2.27 bits per heavy atom. The van der Waals surface area contributed by atoms with E-state index in [2.05, 4.69) is 16.0 Å². The molecule has 0 aliphatic rings. The number of hydrogen-bond acceptors (Lipinski definition) is 4. The zero-order valence-electron chi connectivity index (χ0n) is 8.27. The number of carbonyl (C=O) groups is 1. The summed E-state index contributed by atoms with van der Waals surface area (Å²) < 4.78 is 39.9. The smallest absolute Gasteiger partial charge is 0.366 e. The van der Waals surface area contributed by atoms with Crippen LogP contribution in [0, 0.1) is 0 Å². The standard InChI is InChI=1S/C7H11FNO4S.Rf/c1-3-6(4-9-14(11)12)13-7(10)5(2)8;/h6H,2-4H2,1H3,(H,11,12);/q-1;/p-1. The molecule has 0 aromatic heterocycles. The van der Waals surface area contributed by atoms with Crippen LogP contribution >= 0.6 is 0 Å². The van der Waals surface area contributed by atoms with Crippen molar-refractivity contribution in [3.8, 4) is 0 Å². The SMILES string of the molecule is C=C(F)C(=O)OC(CC)C[N-]S(=O)[O-].[Rf]. The molecule has 0 aromatic carbocycles. The molecule has 15 heavy (non-hydrogen) atoms. The van der Waals surface area contributed by atoms with E-state index in [1.54, 1.807) is 6.92 Å². The molecule has 0 spiro atoms. The predicted molar refractivity (Wildman–Crippen MR) is 47.6 cm³/mol. The van der Waals surface area contributed by atoms with Gasteiger partial charge >= 0.3 is 5.97 Å². The zero-order valence-corrected chi connectivity index (χ0v) is 15.5. The van der Waals surface area contributed by atoms with E-state index in [4.69, 9.17) is 0 Å². The van der Waals surface area contributed by atoms with Crippen LogP contribution in [-0.2, 0) is 20.8 Å². The molecule has 0 amide bonds. The summed E-state index contributed by atoms with van der Waals surface area (Å²) in [7, 11) is 0. The summed E-state index contributed by atoms with van der Waals surface area (Å²) >= 11 is -2.55. The van der Waals surface area contributed by atoms with Crippen molar-refractivity contribution in [2.24, 2.45) is 0 Å². The molecular weight excluding hydrogens is 480 g/mol. The topological polar surface area (TPSA) is 80.5 Å². The first-order valence-corrected chi connectivity index (χ1v) is 4.82. The maximum atomic E-state index is 12.2. The molecule has 8 heteroatoms. The molecule has 0 N–H and O–H groups in total. The minimum atomic E-state index is -2.55. The Bertz CT molecular complexity index is 251. The van der Waals surface area contributed by atoms with Gasteiger partial charge in [0.15, 0.2) is 0 Å². The number of nitrogens with zero attached hydrogens (tertiary/aromatic N) is 1. The van der Waals surface area contributed by atoms with Gasteiger partial charge in [-0.05, 0) is 6.42 Å². The van der Waals surface area contributed by atoms with Crippen molar-refractivity contribution in [2.45, 2.75) is 19.4 Å². The minimum Gasteiger partial charge on any atom is -0.789 e. The molecule has 0 aromatic rings. The van der Waals surface area contributed by atoms with Crippen molar-refractivity contribution in [1.29, 1.82) is 0 Å². The summed E-state index contributed by atoms with van der Waals surface area (Å²) in [5.41, 5.74) is 0. The Kier molecular flexibility index (Phi) is 7.94. The van der Waals surface area contributed by atoms with Crippen molar-refractivity contribution in [2.75, 3.05) is 6.54 Å². The summed E-state index contributed by atoms with van der Waals surface area (Å²) in [6.07, 6.45) is -0.396. The van der Waals surface area contributed by atoms with Gasteiger partial charge in [0.1, 0.15) is 0 Å². The molecule has 0 rings (SSSR count). The second kappa shape index (κ2) is 7.60. The van der Waals surface area contributed by atoms with Crippen LogP contribution in [0.4, 0.5) is 4.39 Å². The average Bonchev–Trinajstić information content (AvgIpc) is 2.11. The van der Waals surface area contributed by atoms with E-state index in [-0.39, 0.29) is 6.54 Å². The first kappa shape index (κ1) is 15.7. The number of esters is 1. The number of ether oxygens (including phenoxy) is 1. The average molecular weight is 490 g/mol. The monoisotopic (exact) mass is 490 g/mol. The summed E-state index contributed by atoms with van der Waals surface area (Å²) in [5.74, 6) is -2.41. The molecule has 0 aliphatic heterocycles. The van der Waals surface area contributed by atoms with E-state index in [9.17, 15) is 17.9 Å². The van der Waals surface area contributed by atoms with Crippen molar-refractivity contribution in [1.82, 2.24) is 0 Å². The molecular formula is C7H10FNO4RfS-2. The second-order valence-electron chi connectivity index (χ2n) is 2.37. The van der Waals surface area contributed by atoms with Gasteiger partial charge in [-0.25, -0.2) is 4.79 Å². The maximum absolute atomic E-state index is 12.2. The minimum absolute atomic E-state index is 0. The number of halogens is 1. The van der Waals surface area contributed by atoms with Crippen LogP contribution in [0.25, 0.3) is 4.72 Å². The third-order valence-electron chi connectivity index (χ3n) is 1.33. The van der Waals surface area contributed by atoms with Gasteiger partial charge in [-0.15, -0.1) is 6.54 Å². The third kappa shape index (κ3) is 7.29. The molecule has 5 nitrogen and oxygen atoms in total. The molecule has 0 heterocycles. The van der Waals surface area contributed by atoms with Gasteiger partial charge in [0.25, 0.3) is 0 Å². The second-order valence-corrected chi connectivity index (χ2v) is 3.06. The summed E-state index contributed by atoms with van der Waals surface area (Å²) in [6.45, 7) is 4.20. The van der Waals surface area contributed by atoms with E-state index in [1.807, 2.05) is 0 Å². The first-order chi connectivity index (χ1) is 6.47. The Labute approximate surface area is 83.7 Å². The predicted octanol–water partition coefficient (Wildman–Crippen LogP) is 0.959. The van der Waals surface area contributed by atoms with Crippen LogP contribution in [0.2, 0.25) is 0 Å². The number of carbonyl (C=O) groups excluding carboxylic acids is 1. The fourth-order valence-corrected chi connectivity index (χ4v) is 0.897. The molecule has 84 valence electrons. The van der Waals surface area contributed by atoms with E-state index in [1.165, 1.54) is 0 Å². The van der Waals surface area contributed by atoms with Gasteiger partial charge in [-0.1, -0.05) is 13.5 Å². The number of rotatable bonds is 6. The van der Waals surface area contributed by atoms with Gasteiger partial charge in [0.2, 0.25) is 5.83 Å². The molecule has 0 saturated heterocycles. The zero-order chi connectivity index (χ0) is 11.1. The molecule has 0 aliphatic carbocycles. The molecule has 0 fully saturated rings. The van der Waals surface area contributed by atoms with E-state index in [0.717, 1.165) is 0 Å². The van der Waals surface area contributed by atoms with Gasteiger partial charge in [0.05, 0.1) is 6.10 Å². The van der Waals surface area contributed by atoms with E-state index < -0.39 is 29.2 Å². The van der Waals surface area contributed by atoms with Crippen LogP contribution in [0.1, 0.15) is 13.3 Å². The van der Waals surface area contributed by atoms with E-state index >= 15 is 0 Å². The molecule has 2 atom stereocenters. The summed E-state index contributed by atoms with van der Waals surface area (Å²) in [4.78, 5) is 10.7. The Balaban J connectivity index is 0. The van der Waals surface area contributed by atoms with Crippen LogP contribution in [-0.4, -0.2) is 27.4 Å². The number of hydrogen-bond donors (Lipinski definition) is 0.